The van der Waals surface area contributed by atoms with Gasteiger partial charge in [-0.25, -0.2) is 8.78 Å². The van der Waals surface area contributed by atoms with Gasteiger partial charge in [-0.1, -0.05) is 6.92 Å². The molecule has 3 nitrogen and oxygen atoms in total. The maximum Gasteiger partial charge on any atom is 0.244 e. The van der Waals surface area contributed by atoms with Crippen molar-refractivity contribution < 1.29 is 13.6 Å². The average Bonchev–Trinajstić information content (AvgIpc) is 2.28. The van der Waals surface area contributed by atoms with Crippen LogP contribution in [0, 0.1) is 18.6 Å². The summed E-state index contributed by atoms with van der Waals surface area (Å²) < 4.78 is 27.1. The average molecular weight is 240 g/mol. The molecule has 0 bridgehead atoms. The van der Waals surface area contributed by atoms with Gasteiger partial charge in [-0.05, 0) is 25.0 Å². The second kappa shape index (κ2) is 4.31. The maximum absolute atomic E-state index is 13.7. The van der Waals surface area contributed by atoms with E-state index in [0.717, 1.165) is 6.42 Å². The zero-order valence-corrected chi connectivity index (χ0v) is 9.81. The first kappa shape index (κ1) is 11.8. The van der Waals surface area contributed by atoms with E-state index in [9.17, 15) is 13.6 Å². The molecule has 5 heteroatoms. The van der Waals surface area contributed by atoms with Crippen molar-refractivity contribution in [1.82, 2.24) is 0 Å². The van der Waals surface area contributed by atoms with Gasteiger partial charge >= 0.3 is 0 Å². The second-order valence-electron chi connectivity index (χ2n) is 4.19. The molecule has 1 aromatic rings. The fourth-order valence-corrected chi connectivity index (χ4v) is 2.01. The Morgan fingerprint density at radius 1 is 1.41 bits per heavy atom. The summed E-state index contributed by atoms with van der Waals surface area (Å²) in [4.78, 5) is 13.2. The Hall–Kier alpha value is -1.65. The first-order chi connectivity index (χ1) is 8.04. The van der Waals surface area contributed by atoms with E-state index in [1.165, 1.54) is 6.92 Å². The summed E-state index contributed by atoms with van der Waals surface area (Å²) in [5.41, 5.74) is 0.763. The van der Waals surface area contributed by atoms with Crippen LogP contribution in [-0.4, -0.2) is 19.0 Å². The number of nitrogens with one attached hydrogen (secondary N) is 1. The summed E-state index contributed by atoms with van der Waals surface area (Å²) in [7, 11) is 0. The SMILES string of the molecule is CCCN1CC(=O)Nc2c1cc(C)c(F)c2F. The molecule has 1 amide bonds. The largest absolute Gasteiger partial charge is 0.360 e. The first-order valence-electron chi connectivity index (χ1n) is 5.58. The summed E-state index contributed by atoms with van der Waals surface area (Å²) in [6.07, 6.45) is 0.838. The van der Waals surface area contributed by atoms with Crippen LogP contribution < -0.4 is 10.2 Å². The van der Waals surface area contributed by atoms with E-state index in [-0.39, 0.29) is 23.7 Å². The van der Waals surface area contributed by atoms with E-state index >= 15 is 0 Å². The molecule has 1 aliphatic heterocycles. The Labute approximate surface area is 98.4 Å². The van der Waals surface area contributed by atoms with E-state index in [1.54, 1.807) is 11.0 Å². The maximum atomic E-state index is 13.7. The number of amides is 1. The lowest BCUT2D eigenvalue weighted by Crippen LogP contribution is -2.39. The van der Waals surface area contributed by atoms with Gasteiger partial charge in [-0.3, -0.25) is 4.79 Å². The Bertz CT molecular complexity index is 474. The van der Waals surface area contributed by atoms with Crippen LogP contribution in [0.5, 0.6) is 0 Å². The van der Waals surface area contributed by atoms with Crippen molar-refractivity contribution in [2.45, 2.75) is 20.3 Å². The molecule has 0 saturated carbocycles. The van der Waals surface area contributed by atoms with Crippen molar-refractivity contribution in [3.63, 3.8) is 0 Å². The van der Waals surface area contributed by atoms with Crippen molar-refractivity contribution in [2.24, 2.45) is 0 Å². The summed E-state index contributed by atoms with van der Waals surface area (Å²) in [6, 6.07) is 1.57. The lowest BCUT2D eigenvalue weighted by Gasteiger charge is -2.31. The molecule has 0 atom stereocenters. The molecule has 0 spiro atoms. The Balaban J connectivity index is 2.55. The molecular formula is C12H14F2N2O. The lowest BCUT2D eigenvalue weighted by molar-refractivity contribution is -0.115. The van der Waals surface area contributed by atoms with Crippen LogP contribution in [0.25, 0.3) is 0 Å². The summed E-state index contributed by atoms with van der Waals surface area (Å²) in [6.45, 7) is 4.31. The molecule has 17 heavy (non-hydrogen) atoms. The van der Waals surface area contributed by atoms with Gasteiger partial charge in [-0.15, -0.1) is 0 Å². The van der Waals surface area contributed by atoms with E-state index in [1.807, 2.05) is 6.92 Å². The highest BCUT2D eigenvalue weighted by Crippen LogP contribution is 2.35. The van der Waals surface area contributed by atoms with Gasteiger partial charge in [0.1, 0.15) is 5.69 Å². The predicted molar refractivity (Wildman–Crippen MR) is 62.2 cm³/mol. The molecule has 1 heterocycles. The number of hydrogen-bond donors (Lipinski definition) is 1. The zero-order chi connectivity index (χ0) is 12.6. The highest BCUT2D eigenvalue weighted by molar-refractivity contribution is 6.01. The molecule has 0 radical (unpaired) electrons. The molecule has 0 saturated heterocycles. The number of nitrogens with zero attached hydrogens (tertiary/aromatic N) is 1. The molecule has 0 unspecified atom stereocenters. The molecule has 1 N–H and O–H groups in total. The van der Waals surface area contributed by atoms with Crippen LogP contribution in [0.15, 0.2) is 6.07 Å². The minimum atomic E-state index is -0.978. The Morgan fingerprint density at radius 2 is 2.12 bits per heavy atom. The first-order valence-corrected chi connectivity index (χ1v) is 5.58. The number of fused-ring (bicyclic) bond motifs is 1. The highest BCUT2D eigenvalue weighted by Gasteiger charge is 2.27. The monoisotopic (exact) mass is 240 g/mol. The molecule has 0 fully saturated rings. The van der Waals surface area contributed by atoms with Gasteiger partial charge in [0.15, 0.2) is 11.6 Å². The topological polar surface area (TPSA) is 32.3 Å². The molecular weight excluding hydrogens is 226 g/mol. The molecule has 92 valence electrons. The molecule has 0 aliphatic carbocycles. The molecule has 1 aliphatic rings. The van der Waals surface area contributed by atoms with Gasteiger partial charge in [0, 0.05) is 6.54 Å². The fourth-order valence-electron chi connectivity index (χ4n) is 2.01. The number of carbonyl (C=O) groups excluding carboxylic acids is 1. The summed E-state index contributed by atoms with van der Waals surface area (Å²) >= 11 is 0. The third-order valence-corrected chi connectivity index (χ3v) is 2.80. The van der Waals surface area contributed by atoms with Crippen LogP contribution in [0.4, 0.5) is 20.2 Å². The van der Waals surface area contributed by atoms with Gasteiger partial charge < -0.3 is 10.2 Å². The third kappa shape index (κ3) is 1.97. The van der Waals surface area contributed by atoms with Gasteiger partial charge in [0.25, 0.3) is 0 Å². The van der Waals surface area contributed by atoms with Crippen molar-refractivity contribution in [2.75, 3.05) is 23.3 Å². The molecule has 1 aromatic carbocycles. The van der Waals surface area contributed by atoms with E-state index in [0.29, 0.717) is 12.2 Å². The third-order valence-electron chi connectivity index (χ3n) is 2.80. The normalized spacial score (nSPS) is 14.6. The Morgan fingerprint density at radius 3 is 2.76 bits per heavy atom. The number of anilines is 2. The summed E-state index contributed by atoms with van der Waals surface area (Å²) in [5.74, 6) is -2.19. The van der Waals surface area contributed by atoms with Gasteiger partial charge in [-0.2, -0.15) is 0 Å². The van der Waals surface area contributed by atoms with Crippen molar-refractivity contribution >= 4 is 17.3 Å². The number of benzene rings is 1. The highest BCUT2D eigenvalue weighted by atomic mass is 19.2. The van der Waals surface area contributed by atoms with E-state index in [2.05, 4.69) is 5.32 Å². The van der Waals surface area contributed by atoms with E-state index in [4.69, 9.17) is 0 Å². The predicted octanol–water partition coefficient (Wildman–Crippen LogP) is 2.44. The van der Waals surface area contributed by atoms with Gasteiger partial charge in [0.2, 0.25) is 5.91 Å². The van der Waals surface area contributed by atoms with E-state index < -0.39 is 11.6 Å². The van der Waals surface area contributed by atoms with Crippen molar-refractivity contribution in [1.29, 1.82) is 0 Å². The number of rotatable bonds is 2. The number of hydrogen-bond acceptors (Lipinski definition) is 2. The standard InChI is InChI=1S/C12H14F2N2O/c1-3-4-16-6-9(17)15-12-8(16)5-7(2)10(13)11(12)14/h5H,3-4,6H2,1-2H3,(H,15,17). The molecule has 0 aromatic heterocycles. The Kier molecular flexibility index (Phi) is 3.00. The summed E-state index contributed by atoms with van der Waals surface area (Å²) in [5, 5.41) is 2.39. The number of carbonyl (C=O) groups is 1. The van der Waals surface area contributed by atoms with Crippen LogP contribution >= 0.6 is 0 Å². The second-order valence-corrected chi connectivity index (χ2v) is 4.19. The van der Waals surface area contributed by atoms with Crippen LogP contribution in [0.2, 0.25) is 0 Å². The van der Waals surface area contributed by atoms with Crippen molar-refractivity contribution in [3.8, 4) is 0 Å². The van der Waals surface area contributed by atoms with Crippen molar-refractivity contribution in [3.05, 3.63) is 23.3 Å². The minimum absolute atomic E-state index is 0.0437. The van der Waals surface area contributed by atoms with Crippen LogP contribution in [-0.2, 0) is 4.79 Å². The van der Waals surface area contributed by atoms with Gasteiger partial charge in [0.05, 0.1) is 12.2 Å². The quantitative estimate of drug-likeness (QED) is 0.861. The number of aryl methyl sites for hydroxylation is 1. The minimum Gasteiger partial charge on any atom is -0.360 e. The fraction of sp³-hybridized carbons (Fsp3) is 0.417. The molecule has 2 rings (SSSR count). The number of halogens is 2. The van der Waals surface area contributed by atoms with Crippen LogP contribution in [0.1, 0.15) is 18.9 Å². The van der Waals surface area contributed by atoms with Crippen LogP contribution in [0.3, 0.4) is 0 Å². The smallest absolute Gasteiger partial charge is 0.244 e. The zero-order valence-electron chi connectivity index (χ0n) is 9.81. The lowest BCUT2D eigenvalue weighted by atomic mass is 10.1.